The molecule has 25 nitrogen and oxygen atoms in total. The van der Waals surface area contributed by atoms with Crippen molar-refractivity contribution in [2.24, 2.45) is 10.7 Å². The van der Waals surface area contributed by atoms with Gasteiger partial charge in [-0.1, -0.05) is 24.3 Å². The van der Waals surface area contributed by atoms with Gasteiger partial charge in [0.1, 0.15) is 33.0 Å². The predicted octanol–water partition coefficient (Wildman–Crippen LogP) is -2.80. The predicted molar refractivity (Wildman–Crippen MR) is 237 cm³/mol. The number of hydrogen-bond acceptors (Lipinski definition) is 24. The van der Waals surface area contributed by atoms with E-state index in [1.807, 2.05) is 0 Å². The molecule has 5 atom stereocenters. The Bertz CT molecular complexity index is 2810. The lowest BCUT2D eigenvalue weighted by Crippen LogP contribution is -2.42. The molecular weight excluding hydrogens is 923 g/mol. The van der Waals surface area contributed by atoms with Gasteiger partial charge >= 0.3 is 0 Å². The molecule has 0 radical (unpaired) electrons. The van der Waals surface area contributed by atoms with Gasteiger partial charge in [-0.3, -0.25) is 14.1 Å². The summed E-state index contributed by atoms with van der Waals surface area (Å²) in [6.07, 6.45) is -4.38. The van der Waals surface area contributed by atoms with Crippen LogP contribution < -0.4 is 43.2 Å². The van der Waals surface area contributed by atoms with Crippen LogP contribution in [0.4, 0.5) is 34.6 Å². The molecular formula is C40H47N11O14S2-2. The summed E-state index contributed by atoms with van der Waals surface area (Å²) in [6.45, 7) is -0.0965. The van der Waals surface area contributed by atoms with Gasteiger partial charge in [0.25, 0.3) is 10.1 Å². The second-order valence-corrected chi connectivity index (χ2v) is 18.1. The first-order valence-electron chi connectivity index (χ1n) is 20.4. The van der Waals surface area contributed by atoms with Crippen LogP contribution in [-0.4, -0.2) is 154 Å². The highest BCUT2D eigenvalue weighted by atomic mass is 32.2. The molecule has 0 spiro atoms. The number of aromatic nitrogens is 3. The van der Waals surface area contributed by atoms with Gasteiger partial charge in [0.2, 0.25) is 11.9 Å². The van der Waals surface area contributed by atoms with Crippen LogP contribution in [-0.2, 0) is 26.7 Å². The third kappa shape index (κ3) is 12.4. The molecule has 0 aliphatic heterocycles. The van der Waals surface area contributed by atoms with Crippen LogP contribution in [0, 0.1) is 0 Å². The zero-order valence-corrected chi connectivity index (χ0v) is 36.8. The number of ketones is 2. The number of nitrogens with one attached hydrogen (secondary N) is 5. The van der Waals surface area contributed by atoms with Gasteiger partial charge in [-0.15, -0.1) is 0 Å². The SMILES string of the molecule is NCC(O)CNCC([O-])=NCC(O)Cc1nc(NCCCNC2=C[C@@H](O)[C@@H](O)[C@H](O)C2)nc(Nc2ccc(Nc3cc(S(=O)(=O)O)c(N)c4c3C(=O)c3ccccc3C4=O)cc2S(=O)(=O)[O-])n1. The van der Waals surface area contributed by atoms with Gasteiger partial charge in [-0.2, -0.15) is 23.4 Å². The Kier molecular flexibility index (Phi) is 15.8. The number of benzene rings is 3. The van der Waals surface area contributed by atoms with Crippen molar-refractivity contribution in [1.82, 2.24) is 25.6 Å². The molecule has 0 saturated heterocycles. The highest BCUT2D eigenvalue weighted by Gasteiger charge is 2.37. The largest absolute Gasteiger partial charge is 0.861 e. The van der Waals surface area contributed by atoms with Gasteiger partial charge < -0.3 is 78.2 Å². The maximum absolute atomic E-state index is 13.8. The lowest BCUT2D eigenvalue weighted by molar-refractivity contribution is -0.218. The van der Waals surface area contributed by atoms with Crippen molar-refractivity contribution in [3.05, 3.63) is 88.4 Å². The van der Waals surface area contributed by atoms with Crippen LogP contribution in [0.1, 0.15) is 50.5 Å². The summed E-state index contributed by atoms with van der Waals surface area (Å²) in [7, 11) is -10.5. The molecule has 1 aromatic heterocycles. The van der Waals surface area contributed by atoms with Gasteiger partial charge in [0, 0.05) is 68.1 Å². The minimum Gasteiger partial charge on any atom is -0.861 e. The smallest absolute Gasteiger partial charge is 0.296 e. The third-order valence-electron chi connectivity index (χ3n) is 10.3. The summed E-state index contributed by atoms with van der Waals surface area (Å²) >= 11 is 0. The minimum atomic E-state index is -5.37. The Hall–Kier alpha value is -6.24. The summed E-state index contributed by atoms with van der Waals surface area (Å²) in [6, 6.07) is 9.62. The van der Waals surface area contributed by atoms with Crippen molar-refractivity contribution in [3.63, 3.8) is 0 Å². The van der Waals surface area contributed by atoms with E-state index in [9.17, 15) is 66.2 Å². The molecule has 0 saturated carbocycles. The Morgan fingerprint density at radius 3 is 2.19 bits per heavy atom. The number of rotatable bonds is 21. The van der Waals surface area contributed by atoms with Crippen molar-refractivity contribution in [3.8, 4) is 0 Å². The fourth-order valence-electron chi connectivity index (χ4n) is 7.02. The second kappa shape index (κ2) is 21.2. The lowest BCUT2D eigenvalue weighted by atomic mass is 9.82. The summed E-state index contributed by atoms with van der Waals surface area (Å²) in [5.74, 6) is -2.72. The first kappa shape index (κ1) is 50.2. The average Bonchev–Trinajstić information content (AvgIpc) is 3.26. The van der Waals surface area contributed by atoms with E-state index in [0.29, 0.717) is 18.7 Å². The van der Waals surface area contributed by atoms with E-state index in [-0.39, 0.29) is 91.5 Å². The maximum Gasteiger partial charge on any atom is 0.296 e. The molecule has 0 bridgehead atoms. The molecule has 360 valence electrons. The molecule has 2 unspecified atom stereocenters. The number of nitrogen functional groups attached to an aromatic ring is 1. The standard InChI is InChI=1S/C40H49N11O14S2/c41-15-22(53)16-43-18-32(56)46-17-21(52)13-31-49-39(45-9-3-8-44-20-10-27(54)38(59)28(55)11-20)51-40(50-31)48-25-7-6-19(12-29(25)66(60,61)62)47-26-14-30(67(63,64)65)35(42)34-33(26)36(57)23-4-1-2-5-24(23)37(34)58/h1-2,4-7,10,12,14,21-22,27-28,38,43-44,47,52-55,59H,3,8-9,11,13,15-18,41-42H2,(H,46,56)(H,60,61,62)(H,63,64,65)(H2,45,48,49,50,51)/p-2/t21?,22?,27-,28-,38-/m1/s1. The summed E-state index contributed by atoms with van der Waals surface area (Å²) in [5.41, 5.74) is 9.18. The molecule has 15 N–H and O–H groups in total. The van der Waals surface area contributed by atoms with Gasteiger partial charge in [0.05, 0.1) is 57.9 Å². The molecule has 3 aromatic carbocycles. The molecule has 6 rings (SSSR count). The molecule has 67 heavy (non-hydrogen) atoms. The van der Waals surface area contributed by atoms with Gasteiger partial charge in [0.15, 0.2) is 11.6 Å². The third-order valence-corrected chi connectivity index (χ3v) is 12.1. The number of nitrogens with two attached hydrogens (primary N) is 2. The lowest BCUT2D eigenvalue weighted by Gasteiger charge is -2.28. The van der Waals surface area contributed by atoms with Crippen LogP contribution in [0.25, 0.3) is 0 Å². The van der Waals surface area contributed by atoms with Crippen LogP contribution in [0.5, 0.6) is 0 Å². The minimum absolute atomic E-state index is 0.0256. The first-order chi connectivity index (χ1) is 31.6. The monoisotopic (exact) mass is 969 g/mol. The Balaban J connectivity index is 1.27. The highest BCUT2D eigenvalue weighted by molar-refractivity contribution is 7.86. The number of aliphatic hydroxyl groups excluding tert-OH is 5. The molecule has 0 amide bonds. The van der Waals surface area contributed by atoms with E-state index in [1.54, 1.807) is 0 Å². The number of aliphatic hydroxyl groups is 5. The van der Waals surface area contributed by atoms with Crippen molar-refractivity contribution in [1.29, 1.82) is 0 Å². The number of hydrogen-bond donors (Lipinski definition) is 13. The fourth-order valence-corrected chi connectivity index (χ4v) is 8.33. The maximum atomic E-state index is 13.8. The molecule has 2 aliphatic carbocycles. The van der Waals surface area contributed by atoms with Crippen molar-refractivity contribution in [2.75, 3.05) is 61.0 Å². The van der Waals surface area contributed by atoms with E-state index >= 15 is 0 Å². The number of fused-ring (bicyclic) bond motifs is 2. The summed E-state index contributed by atoms with van der Waals surface area (Å²) in [4.78, 5) is 42.2. The normalized spacial score (nSPS) is 18.4. The van der Waals surface area contributed by atoms with E-state index in [4.69, 9.17) is 11.5 Å². The molecule has 2 aliphatic rings. The Morgan fingerprint density at radius 2 is 1.54 bits per heavy atom. The second-order valence-electron chi connectivity index (χ2n) is 15.3. The van der Waals surface area contributed by atoms with Crippen LogP contribution in [0.2, 0.25) is 0 Å². The van der Waals surface area contributed by atoms with Crippen molar-refractivity contribution < 1.29 is 66.2 Å². The van der Waals surface area contributed by atoms with Crippen molar-refractivity contribution in [2.45, 2.75) is 59.6 Å². The molecule has 1 heterocycles. The van der Waals surface area contributed by atoms with Crippen LogP contribution in [0.15, 0.2) is 75.1 Å². The quantitative estimate of drug-likeness (QED) is 0.0116. The Labute approximate surface area is 382 Å². The molecule has 27 heteroatoms. The zero-order chi connectivity index (χ0) is 48.8. The number of carbonyl (C=O) groups excluding carboxylic acids is 2. The van der Waals surface area contributed by atoms with Crippen molar-refractivity contribution >= 4 is 72.3 Å². The van der Waals surface area contributed by atoms with Gasteiger partial charge in [-0.05, 0) is 42.7 Å². The summed E-state index contributed by atoms with van der Waals surface area (Å²) in [5, 5.41) is 76.3. The number of aliphatic imine (C=N–C) groups is 1. The highest BCUT2D eigenvalue weighted by Crippen LogP contribution is 2.40. The first-order valence-corrected chi connectivity index (χ1v) is 23.2. The van der Waals surface area contributed by atoms with Crippen LogP contribution in [0.3, 0.4) is 0 Å². The van der Waals surface area contributed by atoms with Gasteiger partial charge in [-0.25, -0.2) is 8.42 Å². The van der Waals surface area contributed by atoms with E-state index in [1.165, 1.54) is 36.4 Å². The Morgan fingerprint density at radius 1 is 0.866 bits per heavy atom. The topological polar surface area (TPSA) is 433 Å². The number of carbonyl (C=O) groups is 2. The summed E-state index contributed by atoms with van der Waals surface area (Å²) < 4.78 is 73.2. The van der Waals surface area contributed by atoms with E-state index in [0.717, 1.165) is 18.2 Å². The number of nitrogens with zero attached hydrogens (tertiary/aromatic N) is 4. The van der Waals surface area contributed by atoms with E-state index < -0.39 is 94.8 Å². The van der Waals surface area contributed by atoms with Crippen LogP contribution >= 0.6 is 0 Å². The molecule has 0 fully saturated rings. The number of anilines is 6. The zero-order valence-electron chi connectivity index (χ0n) is 35.2. The molecule has 4 aromatic rings. The fraction of sp³-hybridized carbons (Fsp3) is 0.350. The van der Waals surface area contributed by atoms with E-state index in [2.05, 4.69) is 46.5 Å². The average molecular weight is 970 g/mol.